The number of aliphatic carboxylic acids is 3. The van der Waals surface area contributed by atoms with E-state index in [0.717, 1.165) is 6.92 Å². The molecule has 0 radical (unpaired) electrons. The van der Waals surface area contributed by atoms with Gasteiger partial charge in [0.05, 0.1) is 18.6 Å². The van der Waals surface area contributed by atoms with Crippen LogP contribution in [0.5, 0.6) is 0 Å². The van der Waals surface area contributed by atoms with Crippen molar-refractivity contribution in [2.45, 2.75) is 75.3 Å². The number of hydrogen-bond donors (Lipinski definition) is 13. The van der Waals surface area contributed by atoms with Gasteiger partial charge in [0.25, 0.3) is 0 Å². The van der Waals surface area contributed by atoms with E-state index in [1.807, 2.05) is 5.32 Å². The summed E-state index contributed by atoms with van der Waals surface area (Å²) in [6.07, 6.45) is -3.50. The van der Waals surface area contributed by atoms with Crippen molar-refractivity contribution in [3.63, 3.8) is 0 Å². The third kappa shape index (κ3) is 17.0. The van der Waals surface area contributed by atoms with Crippen LogP contribution in [0.4, 0.5) is 0 Å². The van der Waals surface area contributed by atoms with Gasteiger partial charge in [0.1, 0.15) is 30.7 Å². The summed E-state index contributed by atoms with van der Waals surface area (Å²) in [6.45, 7) is 0.282. The van der Waals surface area contributed by atoms with Gasteiger partial charge in [-0.05, 0) is 26.2 Å². The average molecular weight is 680 g/mol. The Morgan fingerprint density at radius 2 is 1.26 bits per heavy atom. The molecule has 15 N–H and O–H groups in total. The minimum Gasteiger partial charge on any atom is -0.481 e. The van der Waals surface area contributed by atoms with Gasteiger partial charge in [-0.1, -0.05) is 0 Å². The molecule has 0 unspecified atom stereocenters. The second-order valence-corrected chi connectivity index (χ2v) is 10.2. The van der Waals surface area contributed by atoms with Gasteiger partial charge < -0.3 is 64.2 Å². The maximum Gasteiger partial charge on any atom is 0.322 e. The Labute approximate surface area is 267 Å². The lowest BCUT2D eigenvalue weighted by Gasteiger charge is -2.27. The Bertz CT molecular complexity index is 1150. The maximum atomic E-state index is 13.3. The SMILES string of the molecule is C[C@@H](O)[C@H](NC(=O)[C@H](CCC(=O)O)NC(=O)[C@H](CCCN=C(N)N)NC(=O)[C@H](CS)NC(=O)[C@@H](N)CC(=O)O)C(=O)NCC(=O)O. The van der Waals surface area contributed by atoms with Gasteiger partial charge in [0, 0.05) is 18.7 Å². The molecular formula is C24H41N9O12S. The van der Waals surface area contributed by atoms with Crippen molar-refractivity contribution in [3.05, 3.63) is 0 Å². The zero-order valence-corrected chi connectivity index (χ0v) is 25.7. The summed E-state index contributed by atoms with van der Waals surface area (Å²) >= 11 is 4.00. The topological polar surface area (TPSA) is 368 Å². The standard InChI is InChI=1S/C24H41N9O12S/c1-10(34)18(23(45)29-8-17(39)40)33-21(43)13(4-5-15(35)36)31-20(42)12(3-2-6-28-24(26)27)30-22(44)14(9-46)32-19(41)11(25)7-16(37)38/h10-14,18,34,46H,2-9,25H2,1H3,(H,29,45)(H,30,44)(H,31,42)(H,32,41)(H,33,43)(H,35,36)(H,37,38)(H,39,40)(H4,26,27,28)/t10-,11+,12+,13+,14+,18+/m1/s1. The maximum absolute atomic E-state index is 13.3. The minimum atomic E-state index is -1.70. The highest BCUT2D eigenvalue weighted by Gasteiger charge is 2.33. The number of nitrogens with zero attached hydrogens (tertiary/aromatic N) is 1. The van der Waals surface area contributed by atoms with Crippen molar-refractivity contribution in [1.82, 2.24) is 26.6 Å². The van der Waals surface area contributed by atoms with Crippen LogP contribution in [-0.4, -0.2) is 129 Å². The summed E-state index contributed by atoms with van der Waals surface area (Å²) in [5.41, 5.74) is 16.1. The molecule has 0 aliphatic rings. The number of amides is 5. The predicted octanol–water partition coefficient (Wildman–Crippen LogP) is -5.84. The number of carboxylic acids is 3. The van der Waals surface area contributed by atoms with Crippen LogP contribution in [0.15, 0.2) is 4.99 Å². The number of aliphatic hydroxyl groups is 1. The molecule has 21 nitrogen and oxygen atoms in total. The molecule has 22 heteroatoms. The molecule has 260 valence electrons. The number of carbonyl (C=O) groups excluding carboxylic acids is 5. The monoisotopic (exact) mass is 679 g/mol. The number of aliphatic hydroxyl groups excluding tert-OH is 1. The van der Waals surface area contributed by atoms with Gasteiger partial charge in [-0.3, -0.25) is 43.3 Å². The number of nitrogens with two attached hydrogens (primary N) is 3. The molecule has 5 amide bonds. The highest BCUT2D eigenvalue weighted by molar-refractivity contribution is 7.80. The van der Waals surface area contributed by atoms with Crippen LogP contribution in [0.25, 0.3) is 0 Å². The lowest BCUT2D eigenvalue weighted by atomic mass is 10.1. The van der Waals surface area contributed by atoms with E-state index in [2.05, 4.69) is 38.9 Å². The van der Waals surface area contributed by atoms with Gasteiger partial charge in [-0.2, -0.15) is 12.6 Å². The number of guanidine groups is 1. The molecule has 0 aromatic rings. The Morgan fingerprint density at radius 3 is 1.74 bits per heavy atom. The highest BCUT2D eigenvalue weighted by Crippen LogP contribution is 2.06. The molecule has 6 atom stereocenters. The Hall–Kier alpha value is -4.70. The van der Waals surface area contributed by atoms with Crippen molar-refractivity contribution in [2.75, 3.05) is 18.8 Å². The zero-order valence-electron chi connectivity index (χ0n) is 24.8. The van der Waals surface area contributed by atoms with E-state index in [4.69, 9.17) is 32.5 Å². The lowest BCUT2D eigenvalue weighted by Crippen LogP contribution is -2.60. The van der Waals surface area contributed by atoms with E-state index in [9.17, 15) is 43.5 Å². The van der Waals surface area contributed by atoms with Crippen LogP contribution in [0.2, 0.25) is 0 Å². The first kappa shape index (κ1) is 41.3. The first-order chi connectivity index (χ1) is 21.4. The van der Waals surface area contributed by atoms with Gasteiger partial charge in [-0.25, -0.2) is 0 Å². The van der Waals surface area contributed by atoms with Crippen molar-refractivity contribution in [1.29, 1.82) is 0 Å². The average Bonchev–Trinajstić information content (AvgIpc) is 2.95. The summed E-state index contributed by atoms with van der Waals surface area (Å²) < 4.78 is 0. The summed E-state index contributed by atoms with van der Waals surface area (Å²) in [5.74, 6) is -9.86. The van der Waals surface area contributed by atoms with Crippen LogP contribution in [0.1, 0.15) is 39.0 Å². The van der Waals surface area contributed by atoms with Gasteiger partial charge in [0.2, 0.25) is 29.5 Å². The van der Waals surface area contributed by atoms with E-state index >= 15 is 0 Å². The van der Waals surface area contributed by atoms with Crippen molar-refractivity contribution in [2.24, 2.45) is 22.2 Å². The Morgan fingerprint density at radius 1 is 0.739 bits per heavy atom. The van der Waals surface area contributed by atoms with Crippen molar-refractivity contribution in [3.8, 4) is 0 Å². The summed E-state index contributed by atoms with van der Waals surface area (Å²) in [5, 5.41) is 47.7. The Balaban J connectivity index is 6.04. The first-order valence-electron chi connectivity index (χ1n) is 13.6. The molecule has 0 saturated carbocycles. The van der Waals surface area contributed by atoms with Gasteiger partial charge in [0.15, 0.2) is 5.96 Å². The quantitative estimate of drug-likeness (QED) is 0.0219. The molecule has 0 aliphatic carbocycles. The molecule has 0 fully saturated rings. The lowest BCUT2D eigenvalue weighted by molar-refractivity contribution is -0.140. The van der Waals surface area contributed by atoms with E-state index in [1.54, 1.807) is 0 Å². The number of carbonyl (C=O) groups is 8. The molecule has 0 spiro atoms. The number of nitrogens with one attached hydrogen (secondary N) is 5. The fourth-order valence-corrected chi connectivity index (χ4v) is 3.80. The number of aliphatic imine (C=N–C) groups is 1. The summed E-state index contributed by atoms with van der Waals surface area (Å²) in [4.78, 5) is 101. The highest BCUT2D eigenvalue weighted by atomic mass is 32.1. The third-order valence-electron chi connectivity index (χ3n) is 5.88. The normalized spacial score (nSPS) is 14.5. The summed E-state index contributed by atoms with van der Waals surface area (Å²) in [6, 6.07) is -7.68. The molecule has 0 aliphatic heterocycles. The Kier molecular flexibility index (Phi) is 19.0. The van der Waals surface area contributed by atoms with Crippen LogP contribution in [0.3, 0.4) is 0 Å². The second-order valence-electron chi connectivity index (χ2n) is 9.79. The molecular weight excluding hydrogens is 638 g/mol. The predicted molar refractivity (Wildman–Crippen MR) is 161 cm³/mol. The van der Waals surface area contributed by atoms with Crippen molar-refractivity contribution < 1.29 is 58.8 Å². The van der Waals surface area contributed by atoms with E-state index in [0.29, 0.717) is 0 Å². The third-order valence-corrected chi connectivity index (χ3v) is 6.25. The minimum absolute atomic E-state index is 0.00318. The van der Waals surface area contributed by atoms with Gasteiger partial charge >= 0.3 is 17.9 Å². The number of rotatable bonds is 22. The largest absolute Gasteiger partial charge is 0.481 e. The second kappa shape index (κ2) is 21.1. The zero-order chi connectivity index (χ0) is 35.6. The van der Waals surface area contributed by atoms with Crippen LogP contribution < -0.4 is 43.8 Å². The summed E-state index contributed by atoms with van der Waals surface area (Å²) in [7, 11) is 0. The van der Waals surface area contributed by atoms with Crippen LogP contribution in [0, 0.1) is 0 Å². The van der Waals surface area contributed by atoms with Crippen LogP contribution in [-0.2, 0) is 38.4 Å². The fourth-order valence-electron chi connectivity index (χ4n) is 3.54. The first-order valence-corrected chi connectivity index (χ1v) is 14.3. The molecule has 0 saturated heterocycles. The van der Waals surface area contributed by atoms with Gasteiger partial charge in [-0.15, -0.1) is 0 Å². The molecule has 46 heavy (non-hydrogen) atoms. The number of carboxylic acid groups (broad SMARTS) is 3. The molecule has 0 aromatic carbocycles. The van der Waals surface area contributed by atoms with E-state index in [-0.39, 0.29) is 31.1 Å². The smallest absolute Gasteiger partial charge is 0.322 e. The molecule has 0 rings (SSSR count). The van der Waals surface area contributed by atoms with Crippen molar-refractivity contribution >= 4 is 66.0 Å². The number of hydrogen-bond acceptors (Lipinski definition) is 12. The molecule has 0 aromatic heterocycles. The molecule has 0 heterocycles. The van der Waals surface area contributed by atoms with E-state index < -0.39 is 110 Å². The van der Waals surface area contributed by atoms with Crippen LogP contribution >= 0.6 is 12.6 Å². The fraction of sp³-hybridized carbons (Fsp3) is 0.625. The van der Waals surface area contributed by atoms with E-state index in [1.165, 1.54) is 0 Å². The molecule has 0 bridgehead atoms. The number of thiol groups is 1.